The number of methoxy groups -OCH3 is 1. The van der Waals surface area contributed by atoms with Gasteiger partial charge in [0, 0.05) is 11.3 Å². The molecule has 0 heterocycles. The van der Waals surface area contributed by atoms with Gasteiger partial charge in [-0.2, -0.15) is 8.78 Å². The Hall–Kier alpha value is -3.20. The number of rotatable bonds is 7. The van der Waals surface area contributed by atoms with Crippen LogP contribution in [0.15, 0.2) is 71.6 Å². The molecule has 0 fully saturated rings. The minimum atomic E-state index is -4.08. The quantitative estimate of drug-likeness (QED) is 0.587. The highest BCUT2D eigenvalue weighted by Gasteiger charge is 2.18. The molecule has 29 heavy (non-hydrogen) atoms. The zero-order chi connectivity index (χ0) is 21.0. The molecule has 1 N–H and O–H groups in total. The Balaban J connectivity index is 2.00. The van der Waals surface area contributed by atoms with E-state index in [1.165, 1.54) is 37.4 Å². The number of alkyl halides is 2. The van der Waals surface area contributed by atoms with Crippen LogP contribution in [-0.4, -0.2) is 22.1 Å². The van der Waals surface area contributed by atoms with Crippen molar-refractivity contribution in [2.75, 3.05) is 11.8 Å². The molecule has 9 heteroatoms. The molecule has 0 atom stereocenters. The van der Waals surface area contributed by atoms with Gasteiger partial charge in [0.1, 0.15) is 17.3 Å². The van der Waals surface area contributed by atoms with Crippen molar-refractivity contribution in [3.05, 3.63) is 72.5 Å². The van der Waals surface area contributed by atoms with E-state index >= 15 is 0 Å². The van der Waals surface area contributed by atoms with E-state index in [1.807, 2.05) is 0 Å². The number of ether oxygens (including phenoxy) is 2. The molecule has 3 aromatic carbocycles. The van der Waals surface area contributed by atoms with E-state index in [9.17, 15) is 21.6 Å². The molecule has 0 aliphatic heterocycles. The first kappa shape index (κ1) is 20.5. The molecule has 0 spiro atoms. The molecule has 0 unspecified atom stereocenters. The van der Waals surface area contributed by atoms with Crippen LogP contribution >= 0.6 is 0 Å². The fourth-order valence-corrected chi connectivity index (χ4v) is 3.72. The summed E-state index contributed by atoms with van der Waals surface area (Å²) in [6.45, 7) is -3.05. The van der Waals surface area contributed by atoms with Gasteiger partial charge in [-0.15, -0.1) is 0 Å². The van der Waals surface area contributed by atoms with Gasteiger partial charge in [-0.25, -0.2) is 12.8 Å². The topological polar surface area (TPSA) is 64.6 Å². The van der Waals surface area contributed by atoms with Gasteiger partial charge in [0.25, 0.3) is 10.0 Å². The first-order valence-electron chi connectivity index (χ1n) is 8.30. The van der Waals surface area contributed by atoms with Crippen molar-refractivity contribution < 1.29 is 31.1 Å². The number of halogens is 3. The molecule has 0 saturated heterocycles. The fourth-order valence-electron chi connectivity index (χ4n) is 2.64. The number of hydrogen-bond donors (Lipinski definition) is 1. The first-order chi connectivity index (χ1) is 13.8. The van der Waals surface area contributed by atoms with Crippen molar-refractivity contribution in [3.8, 4) is 22.6 Å². The Kier molecular flexibility index (Phi) is 5.97. The minimum Gasteiger partial charge on any atom is -0.497 e. The van der Waals surface area contributed by atoms with Crippen LogP contribution in [0.1, 0.15) is 0 Å². The average Bonchev–Trinajstić information content (AvgIpc) is 2.69. The summed E-state index contributed by atoms with van der Waals surface area (Å²) >= 11 is 0. The summed E-state index contributed by atoms with van der Waals surface area (Å²) in [5.74, 6) is -0.264. The highest BCUT2D eigenvalue weighted by molar-refractivity contribution is 7.92. The summed E-state index contributed by atoms with van der Waals surface area (Å²) in [4.78, 5) is -0.267. The van der Waals surface area contributed by atoms with Crippen LogP contribution in [0.2, 0.25) is 0 Å². The molecule has 5 nitrogen and oxygen atoms in total. The number of nitrogens with one attached hydrogen (secondary N) is 1. The van der Waals surface area contributed by atoms with Crippen molar-refractivity contribution >= 4 is 15.7 Å². The Morgan fingerprint density at radius 3 is 2.31 bits per heavy atom. The third-order valence-corrected chi connectivity index (χ3v) is 5.33. The number of benzene rings is 3. The van der Waals surface area contributed by atoms with Crippen LogP contribution in [0, 0.1) is 5.82 Å². The van der Waals surface area contributed by atoms with Gasteiger partial charge < -0.3 is 9.47 Å². The first-order valence-corrected chi connectivity index (χ1v) is 9.78. The van der Waals surface area contributed by atoms with Crippen molar-refractivity contribution in [3.63, 3.8) is 0 Å². The Bertz CT molecular complexity index is 1100. The molecule has 0 radical (unpaired) electrons. The van der Waals surface area contributed by atoms with E-state index < -0.39 is 22.5 Å². The number of hydrogen-bond acceptors (Lipinski definition) is 4. The van der Waals surface area contributed by atoms with Gasteiger partial charge in [0.15, 0.2) is 0 Å². The van der Waals surface area contributed by atoms with Crippen LogP contribution in [0.3, 0.4) is 0 Å². The molecule has 0 amide bonds. The smallest absolute Gasteiger partial charge is 0.387 e. The number of sulfonamides is 1. The molecular formula is C20H16F3NO4S. The molecule has 0 aliphatic rings. The second-order valence-corrected chi connectivity index (χ2v) is 7.56. The predicted octanol–water partition coefficient (Wildman–Crippen LogP) is 4.90. The standard InChI is InChI=1S/C20H16F3NO4S/c1-27-16-8-5-13(6-9-16)18-12-15(7-10-19(18)28-20(22)23)24-29(25,26)17-4-2-3-14(21)11-17/h2-12,20,24H,1H3. The zero-order valence-corrected chi connectivity index (χ0v) is 15.9. The van der Waals surface area contributed by atoms with E-state index in [0.29, 0.717) is 11.3 Å². The SMILES string of the molecule is COc1ccc(-c2cc(NS(=O)(=O)c3cccc(F)c3)ccc2OC(F)F)cc1. The van der Waals surface area contributed by atoms with Crippen molar-refractivity contribution in [1.29, 1.82) is 0 Å². The van der Waals surface area contributed by atoms with Crippen LogP contribution in [0.4, 0.5) is 18.9 Å². The van der Waals surface area contributed by atoms with Crippen molar-refractivity contribution in [2.24, 2.45) is 0 Å². The largest absolute Gasteiger partial charge is 0.497 e. The summed E-state index contributed by atoms with van der Waals surface area (Å²) in [5, 5.41) is 0. The average molecular weight is 423 g/mol. The third-order valence-electron chi connectivity index (χ3n) is 3.96. The lowest BCUT2D eigenvalue weighted by atomic mass is 10.0. The number of anilines is 1. The third kappa shape index (κ3) is 5.00. The van der Waals surface area contributed by atoms with E-state index in [2.05, 4.69) is 9.46 Å². The maximum atomic E-state index is 13.4. The van der Waals surface area contributed by atoms with Gasteiger partial charge in [0.2, 0.25) is 0 Å². The normalized spacial score (nSPS) is 11.3. The van der Waals surface area contributed by atoms with Crippen molar-refractivity contribution in [2.45, 2.75) is 11.5 Å². The summed E-state index contributed by atoms with van der Waals surface area (Å²) in [7, 11) is -2.59. The predicted molar refractivity (Wildman–Crippen MR) is 102 cm³/mol. The highest BCUT2D eigenvalue weighted by Crippen LogP contribution is 2.35. The summed E-state index contributed by atoms with van der Waals surface area (Å²) in [6.07, 6.45) is 0. The maximum Gasteiger partial charge on any atom is 0.387 e. The summed E-state index contributed by atoms with van der Waals surface area (Å²) in [6, 6.07) is 14.9. The fraction of sp³-hybridized carbons (Fsp3) is 0.100. The lowest BCUT2D eigenvalue weighted by molar-refractivity contribution is -0.0494. The molecular weight excluding hydrogens is 407 g/mol. The molecule has 0 saturated carbocycles. The highest BCUT2D eigenvalue weighted by atomic mass is 32.2. The van der Waals surface area contributed by atoms with Crippen LogP contribution in [-0.2, 0) is 10.0 Å². The lowest BCUT2D eigenvalue weighted by Crippen LogP contribution is -2.13. The molecule has 152 valence electrons. The molecule has 3 aromatic rings. The molecule has 3 rings (SSSR count). The Morgan fingerprint density at radius 1 is 0.966 bits per heavy atom. The maximum absolute atomic E-state index is 13.4. The molecule has 0 aromatic heterocycles. The van der Waals surface area contributed by atoms with E-state index in [1.54, 1.807) is 24.3 Å². The molecule has 0 bridgehead atoms. The van der Waals surface area contributed by atoms with Crippen LogP contribution in [0.25, 0.3) is 11.1 Å². The van der Waals surface area contributed by atoms with Gasteiger partial charge in [-0.3, -0.25) is 4.72 Å². The Morgan fingerprint density at radius 2 is 1.69 bits per heavy atom. The van der Waals surface area contributed by atoms with Crippen LogP contribution in [0.5, 0.6) is 11.5 Å². The van der Waals surface area contributed by atoms with Crippen molar-refractivity contribution in [1.82, 2.24) is 0 Å². The second-order valence-electron chi connectivity index (χ2n) is 5.88. The van der Waals surface area contributed by atoms with Gasteiger partial charge in [-0.1, -0.05) is 18.2 Å². The minimum absolute atomic E-state index is 0.0988. The van der Waals surface area contributed by atoms with E-state index in [-0.39, 0.29) is 21.9 Å². The Labute approximate surface area is 165 Å². The zero-order valence-electron chi connectivity index (χ0n) is 15.1. The summed E-state index contributed by atoms with van der Waals surface area (Å²) in [5.41, 5.74) is 0.849. The van der Waals surface area contributed by atoms with Crippen LogP contribution < -0.4 is 14.2 Å². The monoisotopic (exact) mass is 423 g/mol. The summed E-state index contributed by atoms with van der Waals surface area (Å²) < 4.78 is 75.9. The van der Waals surface area contributed by atoms with Gasteiger partial charge in [0.05, 0.1) is 12.0 Å². The van der Waals surface area contributed by atoms with Gasteiger partial charge >= 0.3 is 6.61 Å². The molecule has 0 aliphatic carbocycles. The van der Waals surface area contributed by atoms with E-state index in [0.717, 1.165) is 12.1 Å². The lowest BCUT2D eigenvalue weighted by Gasteiger charge is -2.14. The second kappa shape index (κ2) is 8.44. The van der Waals surface area contributed by atoms with Gasteiger partial charge in [-0.05, 0) is 54.1 Å². The van der Waals surface area contributed by atoms with E-state index in [4.69, 9.17) is 4.74 Å².